The molecule has 1 aliphatic heterocycles. The Kier molecular flexibility index (Phi) is 4.88. The third-order valence-corrected chi connectivity index (χ3v) is 6.14. The molecule has 2 aromatic carbocycles. The highest BCUT2D eigenvalue weighted by molar-refractivity contribution is 7.99. The predicted octanol–water partition coefficient (Wildman–Crippen LogP) is 4.56. The van der Waals surface area contributed by atoms with Gasteiger partial charge in [0, 0.05) is 24.2 Å². The van der Waals surface area contributed by atoms with Crippen molar-refractivity contribution in [1.29, 1.82) is 0 Å². The minimum atomic E-state index is 0.0726. The molecule has 5 rings (SSSR count). The van der Waals surface area contributed by atoms with Crippen LogP contribution in [-0.4, -0.2) is 33.0 Å². The number of carbonyl (C=O) groups is 1. The number of amides is 1. The summed E-state index contributed by atoms with van der Waals surface area (Å²) in [6, 6.07) is 17.9. The van der Waals surface area contributed by atoms with Crippen molar-refractivity contribution in [2.75, 3.05) is 17.2 Å². The first kappa shape index (κ1) is 18.7. The molecule has 0 fully saturated rings. The van der Waals surface area contributed by atoms with Crippen LogP contribution < -0.4 is 4.90 Å². The maximum Gasteiger partial charge on any atom is 0.237 e. The van der Waals surface area contributed by atoms with Crippen LogP contribution >= 0.6 is 11.8 Å². The molecule has 0 radical (unpaired) electrons. The summed E-state index contributed by atoms with van der Waals surface area (Å²) in [5, 5.41) is 10.3. The summed E-state index contributed by atoms with van der Waals surface area (Å²) in [7, 11) is 0. The van der Waals surface area contributed by atoms with Gasteiger partial charge in [-0.15, -0.1) is 16.8 Å². The molecule has 0 atom stereocenters. The molecule has 0 spiro atoms. The number of aromatic nitrogens is 3. The Bertz CT molecular complexity index is 1210. The van der Waals surface area contributed by atoms with Gasteiger partial charge >= 0.3 is 0 Å². The van der Waals surface area contributed by atoms with Gasteiger partial charge in [0.05, 0.1) is 5.75 Å². The maximum atomic E-state index is 12.9. The summed E-state index contributed by atoms with van der Waals surface area (Å²) in [4.78, 5) is 14.7. The topological polar surface area (TPSA) is 64.2 Å². The van der Waals surface area contributed by atoms with E-state index in [4.69, 9.17) is 4.42 Å². The fourth-order valence-electron chi connectivity index (χ4n) is 3.77. The van der Waals surface area contributed by atoms with Crippen LogP contribution in [0.15, 0.2) is 76.8 Å². The molecule has 2 aromatic heterocycles. The number of hydrogen-bond donors (Lipinski definition) is 0. The first-order valence-corrected chi connectivity index (χ1v) is 10.8. The van der Waals surface area contributed by atoms with E-state index in [9.17, 15) is 4.79 Å². The molecule has 30 heavy (non-hydrogen) atoms. The van der Waals surface area contributed by atoms with Gasteiger partial charge in [0.25, 0.3) is 0 Å². The van der Waals surface area contributed by atoms with Gasteiger partial charge in [-0.1, -0.05) is 54.2 Å². The van der Waals surface area contributed by atoms with Crippen LogP contribution in [0.4, 0.5) is 5.69 Å². The zero-order valence-electron chi connectivity index (χ0n) is 16.3. The molecule has 0 N–H and O–H groups in total. The highest BCUT2D eigenvalue weighted by atomic mass is 32.2. The summed E-state index contributed by atoms with van der Waals surface area (Å²) in [6.07, 6.45) is 2.69. The van der Waals surface area contributed by atoms with Gasteiger partial charge in [0.1, 0.15) is 5.58 Å². The standard InChI is InChI=1S/C23H20N4O2S/c1-2-12-27-22(20-14-17-8-4-6-10-19(17)29-20)24-25-23(27)30-15-21(28)26-13-11-16-7-3-5-9-18(16)26/h2-10,14H,1,11-13,15H2. The van der Waals surface area contributed by atoms with Gasteiger partial charge in [0.2, 0.25) is 11.7 Å². The second-order valence-corrected chi connectivity index (χ2v) is 8.01. The normalized spacial score (nSPS) is 13.0. The lowest BCUT2D eigenvalue weighted by Crippen LogP contribution is -2.30. The Balaban J connectivity index is 1.37. The highest BCUT2D eigenvalue weighted by Gasteiger charge is 2.25. The molecule has 1 aliphatic rings. The minimum Gasteiger partial charge on any atom is -0.453 e. The monoisotopic (exact) mass is 416 g/mol. The maximum absolute atomic E-state index is 12.9. The van der Waals surface area contributed by atoms with E-state index in [0.29, 0.717) is 29.0 Å². The Morgan fingerprint density at radius 2 is 2.00 bits per heavy atom. The summed E-state index contributed by atoms with van der Waals surface area (Å²) in [5.74, 6) is 1.65. The lowest BCUT2D eigenvalue weighted by molar-refractivity contribution is -0.116. The van der Waals surface area contributed by atoms with E-state index in [2.05, 4.69) is 22.8 Å². The summed E-state index contributed by atoms with van der Waals surface area (Å²) in [6.45, 7) is 5.10. The summed E-state index contributed by atoms with van der Waals surface area (Å²) >= 11 is 1.39. The van der Waals surface area contributed by atoms with E-state index in [1.165, 1.54) is 17.3 Å². The van der Waals surface area contributed by atoms with Gasteiger partial charge in [-0.25, -0.2) is 0 Å². The Hall–Kier alpha value is -3.32. The number of anilines is 1. The number of benzene rings is 2. The number of carbonyl (C=O) groups excluding carboxylic acids is 1. The van der Waals surface area contributed by atoms with Crippen LogP contribution in [0, 0.1) is 0 Å². The van der Waals surface area contributed by atoms with Gasteiger partial charge in [-0.2, -0.15) is 0 Å². The Morgan fingerprint density at radius 1 is 1.17 bits per heavy atom. The summed E-state index contributed by atoms with van der Waals surface area (Å²) in [5.41, 5.74) is 3.04. The van der Waals surface area contributed by atoms with Crippen molar-refractivity contribution in [2.45, 2.75) is 18.1 Å². The van der Waals surface area contributed by atoms with Crippen LogP contribution in [0.1, 0.15) is 5.56 Å². The molecule has 0 saturated carbocycles. The molecule has 0 aliphatic carbocycles. The van der Waals surface area contributed by atoms with Crippen molar-refractivity contribution in [1.82, 2.24) is 14.8 Å². The summed E-state index contributed by atoms with van der Waals surface area (Å²) < 4.78 is 7.89. The number of para-hydroxylation sites is 2. The van der Waals surface area contributed by atoms with E-state index >= 15 is 0 Å². The number of allylic oxidation sites excluding steroid dienone is 1. The van der Waals surface area contributed by atoms with Crippen molar-refractivity contribution in [3.05, 3.63) is 72.8 Å². The van der Waals surface area contributed by atoms with E-state index in [0.717, 1.165) is 29.6 Å². The van der Waals surface area contributed by atoms with E-state index in [-0.39, 0.29) is 5.91 Å². The van der Waals surface area contributed by atoms with Crippen molar-refractivity contribution in [3.63, 3.8) is 0 Å². The van der Waals surface area contributed by atoms with Crippen LogP contribution in [0.2, 0.25) is 0 Å². The number of thioether (sulfide) groups is 1. The van der Waals surface area contributed by atoms with Gasteiger partial charge in [-0.3, -0.25) is 9.36 Å². The number of nitrogens with zero attached hydrogens (tertiary/aromatic N) is 4. The predicted molar refractivity (Wildman–Crippen MR) is 119 cm³/mol. The zero-order valence-corrected chi connectivity index (χ0v) is 17.1. The van der Waals surface area contributed by atoms with Gasteiger partial charge < -0.3 is 9.32 Å². The smallest absolute Gasteiger partial charge is 0.237 e. The highest BCUT2D eigenvalue weighted by Crippen LogP contribution is 2.31. The van der Waals surface area contributed by atoms with Crippen molar-refractivity contribution in [2.24, 2.45) is 0 Å². The van der Waals surface area contributed by atoms with Gasteiger partial charge in [0.15, 0.2) is 10.9 Å². The lowest BCUT2D eigenvalue weighted by Gasteiger charge is -2.17. The molecule has 0 unspecified atom stereocenters. The molecule has 0 saturated heterocycles. The van der Waals surface area contributed by atoms with E-state index in [1.54, 1.807) is 6.08 Å². The third-order valence-electron chi connectivity index (χ3n) is 5.19. The number of hydrogen-bond acceptors (Lipinski definition) is 5. The third kappa shape index (κ3) is 3.31. The number of rotatable bonds is 6. The van der Waals surface area contributed by atoms with Crippen LogP contribution in [-0.2, 0) is 17.8 Å². The van der Waals surface area contributed by atoms with Crippen LogP contribution in [0.3, 0.4) is 0 Å². The Morgan fingerprint density at radius 3 is 2.87 bits per heavy atom. The van der Waals surface area contributed by atoms with Crippen molar-refractivity contribution in [3.8, 4) is 11.6 Å². The molecular weight excluding hydrogens is 396 g/mol. The quantitative estimate of drug-likeness (QED) is 0.341. The average Bonchev–Trinajstić information content (AvgIpc) is 3.48. The second kappa shape index (κ2) is 7.84. The SMILES string of the molecule is C=CCn1c(SCC(=O)N2CCc3ccccc32)nnc1-c1cc2ccccc2o1. The lowest BCUT2D eigenvalue weighted by atomic mass is 10.2. The number of fused-ring (bicyclic) bond motifs is 2. The minimum absolute atomic E-state index is 0.0726. The molecule has 1 amide bonds. The fourth-order valence-corrected chi connectivity index (χ4v) is 4.59. The van der Waals surface area contributed by atoms with Crippen LogP contribution in [0.25, 0.3) is 22.6 Å². The van der Waals surface area contributed by atoms with Crippen LogP contribution in [0.5, 0.6) is 0 Å². The van der Waals surface area contributed by atoms with E-state index in [1.807, 2.05) is 58.0 Å². The number of furan rings is 1. The molecule has 3 heterocycles. The first-order chi connectivity index (χ1) is 14.7. The zero-order chi connectivity index (χ0) is 20.5. The molecule has 0 bridgehead atoms. The first-order valence-electron chi connectivity index (χ1n) is 9.78. The Labute approximate surface area is 178 Å². The second-order valence-electron chi connectivity index (χ2n) is 7.07. The largest absolute Gasteiger partial charge is 0.453 e. The molecule has 6 nitrogen and oxygen atoms in total. The van der Waals surface area contributed by atoms with Gasteiger partial charge in [-0.05, 0) is 30.2 Å². The fraction of sp³-hybridized carbons (Fsp3) is 0.174. The molecule has 7 heteroatoms. The average molecular weight is 417 g/mol. The molecule has 150 valence electrons. The molecular formula is C23H20N4O2S. The van der Waals surface area contributed by atoms with Crippen molar-refractivity contribution >= 4 is 34.3 Å². The van der Waals surface area contributed by atoms with Crippen molar-refractivity contribution < 1.29 is 9.21 Å². The van der Waals surface area contributed by atoms with E-state index < -0.39 is 0 Å². The molecule has 4 aromatic rings.